The predicted octanol–water partition coefficient (Wildman–Crippen LogP) is 0.00840. The van der Waals surface area contributed by atoms with Gasteiger partial charge in [0, 0.05) is 44.3 Å². The highest BCUT2D eigenvalue weighted by Gasteiger charge is 2.31. The average Bonchev–Trinajstić information content (AvgIpc) is 3.11. The van der Waals surface area contributed by atoms with Crippen LogP contribution in [-0.2, 0) is 4.79 Å². The number of amides is 1. The molecule has 2 fully saturated rings. The van der Waals surface area contributed by atoms with Crippen LogP contribution in [0.3, 0.4) is 0 Å². The van der Waals surface area contributed by atoms with Gasteiger partial charge in [-0.2, -0.15) is 0 Å². The molecule has 2 rings (SSSR count). The highest BCUT2D eigenvalue weighted by atomic mass is 16.1. The van der Waals surface area contributed by atoms with Crippen LogP contribution in [0.4, 0.5) is 0 Å². The Morgan fingerprint density at radius 3 is 2.26 bits per heavy atom. The van der Waals surface area contributed by atoms with Gasteiger partial charge in [0.1, 0.15) is 0 Å². The lowest BCUT2D eigenvalue weighted by molar-refractivity contribution is -0.120. The third-order valence-corrected chi connectivity index (χ3v) is 4.12. The molecule has 1 aliphatic heterocycles. The van der Waals surface area contributed by atoms with Gasteiger partial charge in [-0.15, -0.1) is 0 Å². The summed E-state index contributed by atoms with van der Waals surface area (Å²) in [6.07, 6.45) is 2.36. The molecule has 3 N–H and O–H groups in total. The molecule has 0 aromatic heterocycles. The second kappa shape index (κ2) is 5.77. The first kappa shape index (κ1) is 14.8. The van der Waals surface area contributed by atoms with Crippen molar-refractivity contribution in [2.45, 2.75) is 51.2 Å². The fourth-order valence-electron chi connectivity index (χ4n) is 2.62. The molecule has 0 radical (unpaired) electrons. The second-order valence-corrected chi connectivity index (χ2v) is 6.85. The number of primary amides is 1. The molecule has 2 aliphatic rings. The van der Waals surface area contributed by atoms with Crippen LogP contribution in [0.1, 0.15) is 33.6 Å². The predicted molar refractivity (Wildman–Crippen MR) is 76.9 cm³/mol. The first-order valence-electron chi connectivity index (χ1n) is 7.39. The second-order valence-electron chi connectivity index (χ2n) is 6.85. The Morgan fingerprint density at radius 1 is 1.26 bits per heavy atom. The zero-order chi connectivity index (χ0) is 14.0. The Kier molecular flexibility index (Phi) is 4.48. The van der Waals surface area contributed by atoms with E-state index in [1.54, 1.807) is 0 Å². The zero-order valence-electron chi connectivity index (χ0n) is 12.5. The van der Waals surface area contributed by atoms with E-state index in [1.807, 2.05) is 0 Å². The van der Waals surface area contributed by atoms with E-state index in [-0.39, 0.29) is 17.5 Å². The van der Waals surface area contributed by atoms with Crippen LogP contribution in [-0.4, -0.2) is 66.1 Å². The van der Waals surface area contributed by atoms with Crippen LogP contribution >= 0.6 is 0 Å². The van der Waals surface area contributed by atoms with Crippen molar-refractivity contribution in [1.29, 1.82) is 0 Å². The largest absolute Gasteiger partial charge is 0.368 e. The van der Waals surface area contributed by atoms with Crippen LogP contribution in [0.15, 0.2) is 0 Å². The SMILES string of the molecule is CC(C)(C)N1CCN(CC(NC2CC2)C(N)=O)CC1. The molecule has 5 heteroatoms. The Hall–Kier alpha value is -0.650. The molecule has 1 saturated heterocycles. The van der Waals surface area contributed by atoms with Gasteiger partial charge in [-0.05, 0) is 33.6 Å². The zero-order valence-corrected chi connectivity index (χ0v) is 12.5. The van der Waals surface area contributed by atoms with Gasteiger partial charge in [0.25, 0.3) is 0 Å². The lowest BCUT2D eigenvalue weighted by Crippen LogP contribution is -2.57. The average molecular weight is 268 g/mol. The number of nitrogens with two attached hydrogens (primary N) is 1. The molecule has 1 atom stereocenters. The van der Waals surface area contributed by atoms with Crippen LogP contribution in [0, 0.1) is 0 Å². The first-order valence-corrected chi connectivity index (χ1v) is 7.39. The van der Waals surface area contributed by atoms with E-state index < -0.39 is 0 Å². The molecule has 1 aliphatic carbocycles. The van der Waals surface area contributed by atoms with E-state index in [4.69, 9.17) is 5.73 Å². The van der Waals surface area contributed by atoms with E-state index in [0.29, 0.717) is 6.04 Å². The summed E-state index contributed by atoms with van der Waals surface area (Å²) < 4.78 is 0. The molecule has 0 spiro atoms. The van der Waals surface area contributed by atoms with E-state index in [2.05, 4.69) is 35.9 Å². The summed E-state index contributed by atoms with van der Waals surface area (Å²) in [6, 6.07) is 0.335. The van der Waals surface area contributed by atoms with Crippen LogP contribution in [0.2, 0.25) is 0 Å². The standard InChI is InChI=1S/C14H28N4O/c1-14(2,3)18-8-6-17(7-9-18)10-12(13(15)19)16-11-4-5-11/h11-12,16H,4-10H2,1-3H3,(H2,15,19). The van der Waals surface area contributed by atoms with Crippen molar-refractivity contribution >= 4 is 5.91 Å². The minimum Gasteiger partial charge on any atom is -0.368 e. The Morgan fingerprint density at radius 2 is 1.84 bits per heavy atom. The molecule has 110 valence electrons. The van der Waals surface area contributed by atoms with E-state index >= 15 is 0 Å². The number of hydrogen-bond donors (Lipinski definition) is 2. The van der Waals surface area contributed by atoms with Crippen molar-refractivity contribution in [3.05, 3.63) is 0 Å². The summed E-state index contributed by atoms with van der Waals surface area (Å²) in [5.74, 6) is -0.217. The minimum atomic E-state index is -0.217. The molecule has 1 heterocycles. The van der Waals surface area contributed by atoms with Gasteiger partial charge >= 0.3 is 0 Å². The molecular formula is C14H28N4O. The first-order chi connectivity index (χ1) is 8.86. The smallest absolute Gasteiger partial charge is 0.235 e. The normalized spacial score (nSPS) is 24.4. The molecule has 1 amide bonds. The van der Waals surface area contributed by atoms with Crippen molar-refractivity contribution in [2.75, 3.05) is 32.7 Å². The van der Waals surface area contributed by atoms with E-state index in [9.17, 15) is 4.79 Å². The van der Waals surface area contributed by atoms with Crippen molar-refractivity contribution in [3.63, 3.8) is 0 Å². The van der Waals surface area contributed by atoms with Crippen LogP contribution < -0.4 is 11.1 Å². The number of rotatable bonds is 5. The van der Waals surface area contributed by atoms with Gasteiger partial charge in [0.05, 0.1) is 6.04 Å². The number of piperazine rings is 1. The van der Waals surface area contributed by atoms with Gasteiger partial charge in [0.2, 0.25) is 5.91 Å². The Labute approximate surface area is 116 Å². The maximum Gasteiger partial charge on any atom is 0.235 e. The van der Waals surface area contributed by atoms with Crippen molar-refractivity contribution in [3.8, 4) is 0 Å². The third kappa shape index (κ3) is 4.44. The molecule has 5 nitrogen and oxygen atoms in total. The molecule has 1 saturated carbocycles. The highest BCUT2D eigenvalue weighted by Crippen LogP contribution is 2.20. The van der Waals surface area contributed by atoms with Gasteiger partial charge in [0.15, 0.2) is 0 Å². The lowest BCUT2D eigenvalue weighted by atomic mass is 10.0. The van der Waals surface area contributed by atoms with Gasteiger partial charge in [-0.25, -0.2) is 0 Å². The number of nitrogens with one attached hydrogen (secondary N) is 1. The van der Waals surface area contributed by atoms with E-state index in [1.165, 1.54) is 12.8 Å². The summed E-state index contributed by atoms with van der Waals surface area (Å²) in [7, 11) is 0. The molecular weight excluding hydrogens is 240 g/mol. The maximum absolute atomic E-state index is 11.5. The summed E-state index contributed by atoms with van der Waals surface area (Å²) in [4.78, 5) is 16.3. The maximum atomic E-state index is 11.5. The minimum absolute atomic E-state index is 0.186. The van der Waals surface area contributed by atoms with Crippen molar-refractivity contribution in [2.24, 2.45) is 5.73 Å². The Bertz CT molecular complexity index is 314. The molecule has 19 heavy (non-hydrogen) atoms. The summed E-state index contributed by atoms with van der Waals surface area (Å²) in [6.45, 7) is 11.7. The monoisotopic (exact) mass is 268 g/mol. The van der Waals surface area contributed by atoms with Gasteiger partial charge < -0.3 is 11.1 Å². The fraction of sp³-hybridized carbons (Fsp3) is 0.929. The van der Waals surface area contributed by atoms with Gasteiger partial charge in [-0.3, -0.25) is 14.6 Å². The molecule has 0 aromatic rings. The summed E-state index contributed by atoms with van der Waals surface area (Å²) in [5, 5.41) is 3.35. The van der Waals surface area contributed by atoms with Crippen LogP contribution in [0.5, 0.6) is 0 Å². The number of hydrogen-bond acceptors (Lipinski definition) is 4. The number of carbonyl (C=O) groups excluding carboxylic acids is 1. The van der Waals surface area contributed by atoms with E-state index in [0.717, 1.165) is 32.7 Å². The number of carbonyl (C=O) groups is 1. The topological polar surface area (TPSA) is 61.6 Å². The van der Waals surface area contributed by atoms with Crippen molar-refractivity contribution in [1.82, 2.24) is 15.1 Å². The molecule has 0 bridgehead atoms. The number of nitrogens with zero attached hydrogens (tertiary/aromatic N) is 2. The molecule has 1 unspecified atom stereocenters. The van der Waals surface area contributed by atoms with Crippen LogP contribution in [0.25, 0.3) is 0 Å². The quantitative estimate of drug-likeness (QED) is 0.737. The summed E-state index contributed by atoms with van der Waals surface area (Å²) in [5.41, 5.74) is 5.73. The molecule has 0 aromatic carbocycles. The van der Waals surface area contributed by atoms with Crippen molar-refractivity contribution < 1.29 is 4.79 Å². The third-order valence-electron chi connectivity index (χ3n) is 4.12. The fourth-order valence-corrected chi connectivity index (χ4v) is 2.62. The Balaban J connectivity index is 1.78. The lowest BCUT2D eigenvalue weighted by Gasteiger charge is -2.42. The van der Waals surface area contributed by atoms with Gasteiger partial charge in [-0.1, -0.05) is 0 Å². The highest BCUT2D eigenvalue weighted by molar-refractivity contribution is 5.80. The summed E-state index contributed by atoms with van der Waals surface area (Å²) >= 11 is 0.